The SMILES string of the molecule is CC(=O)Nc1ccc(Nc2ccc(NC(=O)OC(C)(C)C)cn2)cc1. The van der Waals surface area contributed by atoms with Gasteiger partial charge in [-0.25, -0.2) is 9.78 Å². The zero-order valence-corrected chi connectivity index (χ0v) is 14.7. The monoisotopic (exact) mass is 342 g/mol. The highest BCUT2D eigenvalue weighted by Crippen LogP contribution is 2.19. The molecule has 132 valence electrons. The molecule has 7 heteroatoms. The van der Waals surface area contributed by atoms with Crippen LogP contribution in [0.25, 0.3) is 0 Å². The highest BCUT2D eigenvalue weighted by atomic mass is 16.6. The zero-order valence-electron chi connectivity index (χ0n) is 14.7. The molecule has 3 N–H and O–H groups in total. The van der Waals surface area contributed by atoms with Crippen LogP contribution in [0.15, 0.2) is 42.6 Å². The predicted octanol–water partition coefficient (Wildman–Crippen LogP) is 4.13. The van der Waals surface area contributed by atoms with Crippen molar-refractivity contribution in [2.24, 2.45) is 0 Å². The van der Waals surface area contributed by atoms with E-state index in [2.05, 4.69) is 20.9 Å². The van der Waals surface area contributed by atoms with Gasteiger partial charge in [0.2, 0.25) is 5.91 Å². The predicted molar refractivity (Wildman–Crippen MR) is 98.1 cm³/mol. The summed E-state index contributed by atoms with van der Waals surface area (Å²) >= 11 is 0. The number of amides is 2. The minimum atomic E-state index is -0.553. The fourth-order valence-electron chi connectivity index (χ4n) is 1.95. The molecule has 2 amide bonds. The molecule has 0 aliphatic heterocycles. The smallest absolute Gasteiger partial charge is 0.412 e. The van der Waals surface area contributed by atoms with Crippen molar-refractivity contribution in [3.8, 4) is 0 Å². The van der Waals surface area contributed by atoms with Gasteiger partial charge in [0.1, 0.15) is 11.4 Å². The Labute approximate surface area is 146 Å². The number of carbonyl (C=O) groups is 2. The maximum absolute atomic E-state index is 11.7. The van der Waals surface area contributed by atoms with Crippen LogP contribution < -0.4 is 16.0 Å². The van der Waals surface area contributed by atoms with Crippen molar-refractivity contribution < 1.29 is 14.3 Å². The summed E-state index contributed by atoms with van der Waals surface area (Å²) < 4.78 is 5.18. The Morgan fingerprint density at radius 2 is 1.52 bits per heavy atom. The highest BCUT2D eigenvalue weighted by Gasteiger charge is 2.16. The first kappa shape index (κ1) is 18.3. The van der Waals surface area contributed by atoms with Crippen LogP contribution in [0.4, 0.5) is 27.7 Å². The molecular formula is C18H22N4O3. The van der Waals surface area contributed by atoms with Crippen molar-refractivity contribution in [3.63, 3.8) is 0 Å². The van der Waals surface area contributed by atoms with E-state index in [-0.39, 0.29) is 5.91 Å². The summed E-state index contributed by atoms with van der Waals surface area (Å²) in [5.74, 6) is 0.512. The van der Waals surface area contributed by atoms with E-state index in [4.69, 9.17) is 4.74 Å². The molecule has 1 aromatic carbocycles. The molecule has 0 saturated carbocycles. The average Bonchev–Trinajstić information content (AvgIpc) is 2.49. The molecular weight excluding hydrogens is 320 g/mol. The molecule has 0 fully saturated rings. The Kier molecular flexibility index (Phi) is 5.59. The van der Waals surface area contributed by atoms with E-state index in [0.29, 0.717) is 11.5 Å². The van der Waals surface area contributed by atoms with Gasteiger partial charge in [-0.1, -0.05) is 0 Å². The summed E-state index contributed by atoms with van der Waals surface area (Å²) in [6.45, 7) is 6.86. The molecule has 0 aliphatic carbocycles. The standard InChI is InChI=1S/C18H22N4O3/c1-12(23)20-13-5-7-14(8-6-13)21-16-10-9-15(11-19-16)22-17(24)25-18(2,3)4/h5-11H,1-4H3,(H,19,21)(H,20,23)(H,22,24). The van der Waals surface area contributed by atoms with Gasteiger partial charge in [-0.05, 0) is 57.2 Å². The van der Waals surface area contributed by atoms with Gasteiger partial charge < -0.3 is 15.4 Å². The van der Waals surface area contributed by atoms with Gasteiger partial charge in [-0.15, -0.1) is 0 Å². The van der Waals surface area contributed by atoms with Crippen LogP contribution in [0.1, 0.15) is 27.7 Å². The van der Waals surface area contributed by atoms with Gasteiger partial charge in [0, 0.05) is 18.3 Å². The first-order chi connectivity index (χ1) is 11.7. The van der Waals surface area contributed by atoms with Crippen LogP contribution in [-0.2, 0) is 9.53 Å². The lowest BCUT2D eigenvalue weighted by Gasteiger charge is -2.19. The van der Waals surface area contributed by atoms with Crippen LogP contribution in [0.3, 0.4) is 0 Å². The van der Waals surface area contributed by atoms with E-state index in [9.17, 15) is 9.59 Å². The molecule has 0 spiro atoms. The maximum atomic E-state index is 11.7. The molecule has 1 heterocycles. The lowest BCUT2D eigenvalue weighted by Crippen LogP contribution is -2.27. The molecule has 7 nitrogen and oxygen atoms in total. The van der Waals surface area contributed by atoms with Gasteiger partial charge in [0.15, 0.2) is 0 Å². The number of ether oxygens (including phenoxy) is 1. The van der Waals surface area contributed by atoms with Crippen LogP contribution in [0.5, 0.6) is 0 Å². The summed E-state index contributed by atoms with van der Waals surface area (Å²) in [6, 6.07) is 10.7. The second-order valence-corrected chi connectivity index (χ2v) is 6.44. The largest absolute Gasteiger partial charge is 0.444 e. The third-order valence-corrected chi connectivity index (χ3v) is 2.89. The summed E-state index contributed by atoms with van der Waals surface area (Å²) in [5, 5.41) is 8.46. The Balaban J connectivity index is 1.93. The summed E-state index contributed by atoms with van der Waals surface area (Å²) in [6.07, 6.45) is 1.02. The van der Waals surface area contributed by atoms with Gasteiger partial charge in [0.25, 0.3) is 0 Å². The lowest BCUT2D eigenvalue weighted by atomic mass is 10.2. The number of nitrogens with zero attached hydrogens (tertiary/aromatic N) is 1. The van der Waals surface area contributed by atoms with Crippen molar-refractivity contribution in [3.05, 3.63) is 42.6 Å². The number of hydrogen-bond acceptors (Lipinski definition) is 5. The molecule has 2 rings (SSSR count). The number of aromatic nitrogens is 1. The minimum Gasteiger partial charge on any atom is -0.444 e. The fourth-order valence-corrected chi connectivity index (χ4v) is 1.95. The number of benzene rings is 1. The van der Waals surface area contributed by atoms with E-state index >= 15 is 0 Å². The van der Waals surface area contributed by atoms with Crippen LogP contribution >= 0.6 is 0 Å². The molecule has 0 radical (unpaired) electrons. The van der Waals surface area contributed by atoms with Crippen molar-refractivity contribution in [1.82, 2.24) is 4.98 Å². The van der Waals surface area contributed by atoms with Gasteiger partial charge >= 0.3 is 6.09 Å². The molecule has 0 aliphatic rings. The Bertz CT molecular complexity index is 734. The van der Waals surface area contributed by atoms with Crippen molar-refractivity contribution in [2.75, 3.05) is 16.0 Å². The molecule has 2 aromatic rings. The summed E-state index contributed by atoms with van der Waals surface area (Å²) in [4.78, 5) is 26.9. The number of nitrogens with one attached hydrogen (secondary N) is 3. The summed E-state index contributed by atoms with van der Waals surface area (Å²) in [5.41, 5.74) is 1.54. The van der Waals surface area contributed by atoms with Crippen molar-refractivity contribution in [1.29, 1.82) is 0 Å². The fraction of sp³-hybridized carbons (Fsp3) is 0.278. The molecule has 25 heavy (non-hydrogen) atoms. The Morgan fingerprint density at radius 1 is 0.920 bits per heavy atom. The highest BCUT2D eigenvalue weighted by molar-refractivity contribution is 5.89. The Morgan fingerprint density at radius 3 is 2.04 bits per heavy atom. The van der Waals surface area contributed by atoms with Gasteiger partial charge in [0.05, 0.1) is 11.9 Å². The second kappa shape index (κ2) is 7.65. The Hall–Kier alpha value is -3.09. The van der Waals surface area contributed by atoms with Crippen LogP contribution in [-0.4, -0.2) is 22.6 Å². The van der Waals surface area contributed by atoms with Crippen LogP contribution in [0, 0.1) is 0 Å². The van der Waals surface area contributed by atoms with E-state index in [1.165, 1.54) is 13.1 Å². The number of hydrogen-bond donors (Lipinski definition) is 3. The molecule has 0 atom stereocenters. The topological polar surface area (TPSA) is 92.4 Å². The number of rotatable bonds is 4. The molecule has 0 saturated heterocycles. The normalized spacial score (nSPS) is 10.7. The first-order valence-electron chi connectivity index (χ1n) is 7.82. The average molecular weight is 342 g/mol. The van der Waals surface area contributed by atoms with Crippen molar-refractivity contribution in [2.45, 2.75) is 33.3 Å². The zero-order chi connectivity index (χ0) is 18.4. The quantitative estimate of drug-likeness (QED) is 0.777. The summed E-state index contributed by atoms with van der Waals surface area (Å²) in [7, 11) is 0. The van der Waals surface area contributed by atoms with E-state index in [1.54, 1.807) is 45.0 Å². The maximum Gasteiger partial charge on any atom is 0.412 e. The lowest BCUT2D eigenvalue weighted by molar-refractivity contribution is -0.114. The number of pyridine rings is 1. The third-order valence-electron chi connectivity index (χ3n) is 2.89. The van der Waals surface area contributed by atoms with Crippen LogP contribution in [0.2, 0.25) is 0 Å². The number of anilines is 4. The van der Waals surface area contributed by atoms with E-state index in [0.717, 1.165) is 11.4 Å². The molecule has 0 unspecified atom stereocenters. The van der Waals surface area contributed by atoms with E-state index in [1.807, 2.05) is 12.1 Å². The minimum absolute atomic E-state index is 0.115. The van der Waals surface area contributed by atoms with Gasteiger partial charge in [-0.2, -0.15) is 0 Å². The molecule has 1 aromatic heterocycles. The molecule has 0 bridgehead atoms. The van der Waals surface area contributed by atoms with Gasteiger partial charge in [-0.3, -0.25) is 10.1 Å². The van der Waals surface area contributed by atoms with Crippen molar-refractivity contribution >= 4 is 34.9 Å². The first-order valence-corrected chi connectivity index (χ1v) is 7.82. The number of carbonyl (C=O) groups excluding carboxylic acids is 2. The second-order valence-electron chi connectivity index (χ2n) is 6.44. The van der Waals surface area contributed by atoms with E-state index < -0.39 is 11.7 Å². The third kappa shape index (κ3) is 6.50.